The van der Waals surface area contributed by atoms with Crippen molar-refractivity contribution < 1.29 is 32.7 Å². The Morgan fingerprint density at radius 3 is 1.91 bits per heavy atom. The zero-order chi connectivity index (χ0) is 26.6. The van der Waals surface area contributed by atoms with Gasteiger partial charge in [-0.05, 0) is 16.6 Å². The first-order chi connectivity index (χ1) is 15.4. The summed E-state index contributed by atoms with van der Waals surface area (Å²) in [5, 5.41) is 16.4. The van der Waals surface area contributed by atoms with Gasteiger partial charge in [0.15, 0.2) is 9.84 Å². The molecule has 4 N–H and O–H groups in total. The van der Waals surface area contributed by atoms with E-state index in [-0.39, 0.29) is 66.3 Å². The van der Waals surface area contributed by atoms with Crippen LogP contribution in [0.15, 0.2) is 0 Å². The third-order valence-corrected chi connectivity index (χ3v) is 7.47. The van der Waals surface area contributed by atoms with Crippen molar-refractivity contribution in [1.82, 2.24) is 16.0 Å². The van der Waals surface area contributed by atoms with Gasteiger partial charge in [0, 0.05) is 31.7 Å². The van der Waals surface area contributed by atoms with Crippen molar-refractivity contribution in [2.45, 2.75) is 66.8 Å². The summed E-state index contributed by atoms with van der Waals surface area (Å²) < 4.78 is 24.5. The predicted octanol–water partition coefficient (Wildman–Crippen LogP) is 1.20. The molecule has 0 aromatic carbocycles. The number of hydrogen-bond acceptors (Lipinski definition) is 7. The van der Waals surface area contributed by atoms with Crippen LogP contribution in [-0.4, -0.2) is 79.4 Å². The maximum absolute atomic E-state index is 12.6. The summed E-state index contributed by atoms with van der Waals surface area (Å²) in [6, 6.07) is -0.909. The molecule has 12 heteroatoms. The Bertz CT molecular complexity index is 800. The van der Waals surface area contributed by atoms with Crippen LogP contribution >= 0.6 is 11.8 Å². The molecule has 0 aliphatic carbocycles. The number of rotatable bonds is 15. The zero-order valence-electron chi connectivity index (χ0n) is 21.2. The molecule has 0 spiro atoms. The van der Waals surface area contributed by atoms with Crippen molar-refractivity contribution >= 4 is 45.3 Å². The molecule has 0 fully saturated rings. The molecule has 1 unspecified atom stereocenters. The van der Waals surface area contributed by atoms with Gasteiger partial charge in [-0.2, -0.15) is 11.8 Å². The highest BCUT2D eigenvalue weighted by atomic mass is 32.2. The monoisotopic (exact) mass is 523 g/mol. The Hall–Kier alpha value is -1.82. The second kappa shape index (κ2) is 14.6. The van der Waals surface area contributed by atoms with Crippen LogP contribution in [0.5, 0.6) is 0 Å². The number of nitrogens with one attached hydrogen (secondary N) is 3. The van der Waals surface area contributed by atoms with Crippen LogP contribution < -0.4 is 16.0 Å². The number of thioether (sulfide) groups is 1. The molecule has 0 radical (unpaired) electrons. The van der Waals surface area contributed by atoms with E-state index in [1.807, 2.05) is 41.5 Å². The molecule has 0 aromatic rings. The van der Waals surface area contributed by atoms with Gasteiger partial charge in [0.05, 0.1) is 17.9 Å². The lowest BCUT2D eigenvalue weighted by atomic mass is 9.92. The fourth-order valence-electron chi connectivity index (χ4n) is 2.60. The highest BCUT2D eigenvalue weighted by molar-refractivity contribution is 7.99. The van der Waals surface area contributed by atoms with E-state index in [1.54, 1.807) is 0 Å². The summed E-state index contributed by atoms with van der Waals surface area (Å²) in [6.07, 6.45) is -0.311. The smallest absolute Gasteiger partial charge is 0.303 e. The molecular weight excluding hydrogens is 482 g/mol. The molecule has 0 aliphatic heterocycles. The van der Waals surface area contributed by atoms with Gasteiger partial charge in [-0.3, -0.25) is 19.2 Å². The lowest BCUT2D eigenvalue weighted by molar-refractivity contribution is -0.139. The van der Waals surface area contributed by atoms with E-state index in [2.05, 4.69) is 16.0 Å². The topological polar surface area (TPSA) is 159 Å². The number of carbonyl (C=O) groups excluding carboxylic acids is 3. The SMILES string of the molecule is CC(C)(C)CSCC(NC(=O)CCC(=O)O)C(=O)NCCS(=O)(=O)CCNC(=O)CC(C)(C)C. The number of carboxylic acid groups (broad SMARTS) is 1. The van der Waals surface area contributed by atoms with Crippen LogP contribution in [-0.2, 0) is 29.0 Å². The van der Waals surface area contributed by atoms with Crippen molar-refractivity contribution in [3.8, 4) is 0 Å². The van der Waals surface area contributed by atoms with E-state index >= 15 is 0 Å². The van der Waals surface area contributed by atoms with Crippen LogP contribution in [0.2, 0.25) is 0 Å². The van der Waals surface area contributed by atoms with Crippen molar-refractivity contribution in [2.75, 3.05) is 36.1 Å². The lowest BCUT2D eigenvalue weighted by Crippen LogP contribution is -2.49. The average molecular weight is 524 g/mol. The van der Waals surface area contributed by atoms with Gasteiger partial charge in [0.25, 0.3) is 0 Å². The molecule has 198 valence electrons. The van der Waals surface area contributed by atoms with E-state index in [0.29, 0.717) is 0 Å². The Morgan fingerprint density at radius 1 is 0.853 bits per heavy atom. The van der Waals surface area contributed by atoms with Gasteiger partial charge in [0.2, 0.25) is 17.7 Å². The highest BCUT2D eigenvalue weighted by Crippen LogP contribution is 2.21. The zero-order valence-corrected chi connectivity index (χ0v) is 22.8. The summed E-state index contributed by atoms with van der Waals surface area (Å²) in [6.45, 7) is 11.7. The fraction of sp³-hybridized carbons (Fsp3) is 0.818. The number of hydrogen-bond donors (Lipinski definition) is 4. The number of amides is 3. The summed E-state index contributed by atoms with van der Waals surface area (Å²) in [5.74, 6) is -1.95. The van der Waals surface area contributed by atoms with Crippen LogP contribution in [0.4, 0.5) is 0 Å². The van der Waals surface area contributed by atoms with E-state index < -0.39 is 33.7 Å². The summed E-state index contributed by atoms with van der Waals surface area (Å²) >= 11 is 1.47. The minimum absolute atomic E-state index is 0.00308. The number of aliphatic carboxylic acids is 1. The molecule has 10 nitrogen and oxygen atoms in total. The van der Waals surface area contributed by atoms with E-state index in [1.165, 1.54) is 11.8 Å². The van der Waals surface area contributed by atoms with Gasteiger partial charge < -0.3 is 21.1 Å². The molecule has 0 heterocycles. The van der Waals surface area contributed by atoms with E-state index in [0.717, 1.165) is 5.75 Å². The maximum Gasteiger partial charge on any atom is 0.303 e. The van der Waals surface area contributed by atoms with Gasteiger partial charge in [0.1, 0.15) is 6.04 Å². The fourth-order valence-corrected chi connectivity index (χ4v) is 4.83. The molecule has 0 saturated carbocycles. The van der Waals surface area contributed by atoms with Crippen molar-refractivity contribution in [3.63, 3.8) is 0 Å². The van der Waals surface area contributed by atoms with Gasteiger partial charge in [-0.25, -0.2) is 8.42 Å². The molecule has 1 atom stereocenters. The van der Waals surface area contributed by atoms with Crippen LogP contribution in [0, 0.1) is 10.8 Å². The van der Waals surface area contributed by atoms with E-state index in [9.17, 15) is 27.6 Å². The van der Waals surface area contributed by atoms with Crippen LogP contribution in [0.1, 0.15) is 60.8 Å². The molecule has 0 rings (SSSR count). The van der Waals surface area contributed by atoms with Crippen molar-refractivity contribution in [2.24, 2.45) is 10.8 Å². The summed E-state index contributed by atoms with van der Waals surface area (Å²) in [5.41, 5.74) is -0.187. The first-order valence-corrected chi connectivity index (χ1v) is 14.2. The summed E-state index contributed by atoms with van der Waals surface area (Å²) in [7, 11) is -3.51. The second-order valence-corrected chi connectivity index (χ2v) is 14.0. The Balaban J connectivity index is 4.69. The first-order valence-electron chi connectivity index (χ1n) is 11.2. The standard InChI is InChI=1S/C22H41N3O7S2/c1-21(2,3)13-18(27)23-9-11-34(31,32)12-10-24-20(30)16(14-33-15-22(4,5)6)25-17(26)7-8-19(28)29/h16H,7-15H2,1-6H3,(H,23,27)(H,24,30)(H,25,26)(H,28,29). The van der Waals surface area contributed by atoms with E-state index in [4.69, 9.17) is 5.11 Å². The van der Waals surface area contributed by atoms with Gasteiger partial charge in [-0.1, -0.05) is 41.5 Å². The third kappa shape index (κ3) is 18.6. The predicted molar refractivity (Wildman–Crippen MR) is 134 cm³/mol. The largest absolute Gasteiger partial charge is 0.481 e. The molecule has 0 bridgehead atoms. The molecule has 0 aliphatic rings. The highest BCUT2D eigenvalue weighted by Gasteiger charge is 2.23. The number of sulfone groups is 1. The lowest BCUT2D eigenvalue weighted by Gasteiger charge is -2.21. The minimum Gasteiger partial charge on any atom is -0.481 e. The summed E-state index contributed by atoms with van der Waals surface area (Å²) in [4.78, 5) is 47.1. The second-order valence-electron chi connectivity index (χ2n) is 10.6. The molecule has 0 saturated heterocycles. The molecule has 3 amide bonds. The quantitative estimate of drug-likeness (QED) is 0.249. The number of carboxylic acids is 1. The Morgan fingerprint density at radius 2 is 1.41 bits per heavy atom. The van der Waals surface area contributed by atoms with Crippen molar-refractivity contribution in [3.05, 3.63) is 0 Å². The minimum atomic E-state index is -3.51. The first kappa shape index (κ1) is 32.2. The van der Waals surface area contributed by atoms with Crippen LogP contribution in [0.3, 0.4) is 0 Å². The van der Waals surface area contributed by atoms with Gasteiger partial charge in [-0.15, -0.1) is 0 Å². The Kier molecular flexibility index (Phi) is 13.8. The van der Waals surface area contributed by atoms with Crippen molar-refractivity contribution in [1.29, 1.82) is 0 Å². The average Bonchev–Trinajstić information content (AvgIpc) is 2.62. The molecule has 0 aromatic heterocycles. The van der Waals surface area contributed by atoms with Crippen LogP contribution in [0.25, 0.3) is 0 Å². The molecule has 34 heavy (non-hydrogen) atoms. The van der Waals surface area contributed by atoms with Gasteiger partial charge >= 0.3 is 5.97 Å². The normalized spacial score (nSPS) is 13.1. The molecular formula is C22H41N3O7S2. The Labute approximate surface area is 207 Å². The third-order valence-electron chi connectivity index (χ3n) is 4.18. The number of carbonyl (C=O) groups is 4. The maximum atomic E-state index is 12.6.